The number of fused-ring (bicyclic) bond motifs is 1. The van der Waals surface area contributed by atoms with E-state index in [0.717, 1.165) is 33.8 Å². The van der Waals surface area contributed by atoms with Crippen LogP contribution in [0.4, 0.5) is 0 Å². The molecule has 5 nitrogen and oxygen atoms in total. The van der Waals surface area contributed by atoms with Crippen LogP contribution in [0.3, 0.4) is 0 Å². The van der Waals surface area contributed by atoms with Crippen LogP contribution in [0.25, 0.3) is 16.7 Å². The average Bonchev–Trinajstić information content (AvgIpc) is 3.14. The highest BCUT2D eigenvalue weighted by Gasteiger charge is 2.11. The van der Waals surface area contributed by atoms with Crippen molar-refractivity contribution >= 4 is 22.7 Å². The van der Waals surface area contributed by atoms with Gasteiger partial charge in [-0.1, -0.05) is 49.0 Å². The molecule has 0 saturated carbocycles. The van der Waals surface area contributed by atoms with Gasteiger partial charge in [0.05, 0.1) is 0 Å². The Kier molecular flexibility index (Phi) is 4.58. The monoisotopic (exact) mass is 363 g/mol. The Hall–Kier alpha value is -2.86. The molecule has 0 radical (unpaired) electrons. The van der Waals surface area contributed by atoms with Crippen molar-refractivity contribution in [3.8, 4) is 5.69 Å². The van der Waals surface area contributed by atoms with Crippen LogP contribution in [0.2, 0.25) is 0 Å². The molecule has 2 aromatic carbocycles. The first-order valence-electron chi connectivity index (χ1n) is 8.38. The van der Waals surface area contributed by atoms with Crippen molar-refractivity contribution < 1.29 is 4.42 Å². The zero-order valence-corrected chi connectivity index (χ0v) is 15.1. The molecule has 0 unspecified atom stereocenters. The Balaban J connectivity index is 1.65. The quantitative estimate of drug-likeness (QED) is 0.392. The summed E-state index contributed by atoms with van der Waals surface area (Å²) in [6.45, 7) is 2.08. The van der Waals surface area contributed by atoms with Gasteiger partial charge < -0.3 is 4.42 Å². The number of thioether (sulfide) groups is 1. The predicted octanol–water partition coefficient (Wildman–Crippen LogP) is 4.23. The lowest BCUT2D eigenvalue weighted by atomic mass is 10.1. The Morgan fingerprint density at radius 2 is 1.96 bits per heavy atom. The fourth-order valence-corrected chi connectivity index (χ4v) is 3.76. The maximum Gasteiger partial charge on any atom is 0.336 e. The first-order chi connectivity index (χ1) is 12.7. The topological polar surface area (TPSA) is 60.9 Å². The second kappa shape index (κ2) is 7.17. The van der Waals surface area contributed by atoms with Gasteiger partial charge in [-0.25, -0.2) is 4.79 Å². The van der Waals surface area contributed by atoms with Crippen LogP contribution in [-0.2, 0) is 12.2 Å². The Morgan fingerprint density at radius 1 is 1.12 bits per heavy atom. The maximum absolute atomic E-state index is 11.9. The van der Waals surface area contributed by atoms with Crippen molar-refractivity contribution in [2.45, 2.75) is 24.3 Å². The van der Waals surface area contributed by atoms with Gasteiger partial charge in [0.25, 0.3) is 0 Å². The molecule has 0 aliphatic heterocycles. The molecule has 6 heteroatoms. The van der Waals surface area contributed by atoms with Gasteiger partial charge in [-0.3, -0.25) is 4.57 Å². The van der Waals surface area contributed by atoms with Gasteiger partial charge in [0, 0.05) is 22.9 Å². The molecule has 2 heterocycles. The number of aromatic nitrogens is 3. The molecule has 0 spiro atoms. The molecule has 0 amide bonds. The lowest BCUT2D eigenvalue weighted by Crippen LogP contribution is -2.01. The zero-order valence-electron chi connectivity index (χ0n) is 14.3. The molecule has 4 rings (SSSR count). The Labute approximate surface area is 154 Å². The minimum absolute atomic E-state index is 0.328. The van der Waals surface area contributed by atoms with Gasteiger partial charge in [0.15, 0.2) is 5.16 Å². The molecule has 0 atom stereocenters. The second-order valence-electron chi connectivity index (χ2n) is 5.88. The van der Waals surface area contributed by atoms with Crippen LogP contribution in [0.1, 0.15) is 18.1 Å². The Bertz CT molecular complexity index is 1100. The van der Waals surface area contributed by atoms with Crippen molar-refractivity contribution in [2.75, 3.05) is 0 Å². The number of hydrogen-bond acceptors (Lipinski definition) is 5. The van der Waals surface area contributed by atoms with Crippen LogP contribution in [-0.4, -0.2) is 14.8 Å². The number of para-hydroxylation sites is 1. The standard InChI is InChI=1S/C20H17N3O2S/c1-2-14-8-9-17-15(11-19(24)25-18(17)10-14)12-26-20-22-21-13-23(20)16-6-4-3-5-7-16/h3-11,13H,2,12H2,1H3. The largest absolute Gasteiger partial charge is 0.423 e. The second-order valence-corrected chi connectivity index (χ2v) is 6.82. The predicted molar refractivity (Wildman–Crippen MR) is 103 cm³/mol. The number of benzene rings is 2. The van der Waals surface area contributed by atoms with Crippen LogP contribution < -0.4 is 5.63 Å². The van der Waals surface area contributed by atoms with E-state index >= 15 is 0 Å². The molecular weight excluding hydrogens is 346 g/mol. The lowest BCUT2D eigenvalue weighted by Gasteiger charge is -2.08. The fourth-order valence-electron chi connectivity index (χ4n) is 2.84. The van der Waals surface area contributed by atoms with E-state index in [1.807, 2.05) is 47.0 Å². The van der Waals surface area contributed by atoms with Crippen molar-refractivity contribution in [3.63, 3.8) is 0 Å². The molecule has 0 bridgehead atoms. The molecular formula is C20H17N3O2S. The molecule has 26 heavy (non-hydrogen) atoms. The maximum atomic E-state index is 11.9. The van der Waals surface area contributed by atoms with Gasteiger partial charge in [-0.2, -0.15) is 0 Å². The number of aryl methyl sites for hydroxylation is 1. The lowest BCUT2D eigenvalue weighted by molar-refractivity contribution is 0.559. The average molecular weight is 363 g/mol. The zero-order chi connectivity index (χ0) is 17.9. The summed E-state index contributed by atoms with van der Waals surface area (Å²) < 4.78 is 7.31. The summed E-state index contributed by atoms with van der Waals surface area (Å²) in [7, 11) is 0. The van der Waals surface area contributed by atoms with Gasteiger partial charge in [-0.15, -0.1) is 10.2 Å². The molecule has 2 aromatic heterocycles. The summed E-state index contributed by atoms with van der Waals surface area (Å²) in [6, 6.07) is 17.5. The molecule has 130 valence electrons. The summed E-state index contributed by atoms with van der Waals surface area (Å²) in [5, 5.41) is 9.98. The molecule has 0 fully saturated rings. The SMILES string of the molecule is CCc1ccc2c(CSc3nncn3-c3ccccc3)cc(=O)oc2c1. The van der Waals surface area contributed by atoms with Crippen molar-refractivity contribution in [1.29, 1.82) is 0 Å². The van der Waals surface area contributed by atoms with Gasteiger partial charge in [0.2, 0.25) is 0 Å². The molecule has 0 N–H and O–H groups in total. The van der Waals surface area contributed by atoms with Crippen LogP contribution in [0.5, 0.6) is 0 Å². The van der Waals surface area contributed by atoms with E-state index in [9.17, 15) is 4.79 Å². The summed E-state index contributed by atoms with van der Waals surface area (Å²) in [4.78, 5) is 11.9. The minimum atomic E-state index is -0.328. The Morgan fingerprint density at radius 3 is 2.77 bits per heavy atom. The van der Waals surface area contributed by atoms with Gasteiger partial charge >= 0.3 is 5.63 Å². The summed E-state index contributed by atoms with van der Waals surface area (Å²) in [5.74, 6) is 0.610. The van der Waals surface area contributed by atoms with E-state index in [4.69, 9.17) is 4.42 Å². The number of rotatable bonds is 5. The van der Waals surface area contributed by atoms with Crippen LogP contribution in [0.15, 0.2) is 75.3 Å². The van der Waals surface area contributed by atoms with Gasteiger partial charge in [0.1, 0.15) is 11.9 Å². The van der Waals surface area contributed by atoms with E-state index in [1.54, 1.807) is 24.2 Å². The fraction of sp³-hybridized carbons (Fsp3) is 0.150. The first kappa shape index (κ1) is 16.6. The molecule has 0 saturated heterocycles. The highest BCUT2D eigenvalue weighted by Crippen LogP contribution is 2.27. The summed E-state index contributed by atoms with van der Waals surface area (Å²) >= 11 is 1.54. The smallest absolute Gasteiger partial charge is 0.336 e. The van der Waals surface area contributed by atoms with Crippen molar-refractivity contribution in [3.05, 3.63) is 82.5 Å². The number of nitrogens with zero attached hydrogens (tertiary/aromatic N) is 3. The third-order valence-electron chi connectivity index (χ3n) is 4.21. The van der Waals surface area contributed by atoms with Crippen molar-refractivity contribution in [2.24, 2.45) is 0 Å². The van der Waals surface area contributed by atoms with E-state index in [0.29, 0.717) is 11.3 Å². The van der Waals surface area contributed by atoms with Crippen LogP contribution in [0, 0.1) is 0 Å². The molecule has 4 aromatic rings. The minimum Gasteiger partial charge on any atom is -0.423 e. The van der Waals surface area contributed by atoms with E-state index in [-0.39, 0.29) is 5.63 Å². The van der Waals surface area contributed by atoms with E-state index < -0.39 is 0 Å². The van der Waals surface area contributed by atoms with Crippen molar-refractivity contribution in [1.82, 2.24) is 14.8 Å². The highest BCUT2D eigenvalue weighted by atomic mass is 32.2. The molecule has 0 aliphatic rings. The third-order valence-corrected chi connectivity index (χ3v) is 5.20. The van der Waals surface area contributed by atoms with E-state index in [2.05, 4.69) is 23.2 Å². The molecule has 0 aliphatic carbocycles. The number of hydrogen-bond donors (Lipinski definition) is 0. The normalized spacial score (nSPS) is 11.1. The first-order valence-corrected chi connectivity index (χ1v) is 9.37. The highest BCUT2D eigenvalue weighted by molar-refractivity contribution is 7.98. The van der Waals surface area contributed by atoms with Gasteiger partial charge in [-0.05, 0) is 35.7 Å². The summed E-state index contributed by atoms with van der Waals surface area (Å²) in [6.07, 6.45) is 2.60. The third kappa shape index (κ3) is 3.28. The summed E-state index contributed by atoms with van der Waals surface area (Å²) in [5.41, 5.74) is 3.40. The van der Waals surface area contributed by atoms with E-state index in [1.165, 1.54) is 0 Å². The van der Waals surface area contributed by atoms with Crippen LogP contribution >= 0.6 is 11.8 Å².